The normalized spacial score (nSPS) is 10.6. The van der Waals surface area contributed by atoms with Crippen molar-refractivity contribution in [1.29, 1.82) is 0 Å². The molecule has 0 heterocycles. The lowest BCUT2D eigenvalue weighted by atomic mass is 10.0. The number of rotatable bonds is 7. The van der Waals surface area contributed by atoms with Crippen LogP contribution in [0.1, 0.15) is 37.0 Å². The minimum absolute atomic E-state index is 0.782. The monoisotopic (exact) mass is 235 g/mol. The van der Waals surface area contributed by atoms with Crippen molar-refractivity contribution in [2.75, 3.05) is 25.1 Å². The van der Waals surface area contributed by atoms with Crippen LogP contribution in [0, 0.1) is 13.8 Å². The Bertz CT molecular complexity index is 347. The number of benzene rings is 1. The first-order chi connectivity index (χ1) is 8.20. The molecule has 2 heteroatoms. The topological polar surface area (TPSA) is 21.3 Å². The van der Waals surface area contributed by atoms with E-state index in [9.17, 15) is 0 Å². The predicted molar refractivity (Wildman–Crippen MR) is 74.9 cm³/mol. The summed E-state index contributed by atoms with van der Waals surface area (Å²) < 4.78 is 5.49. The molecule has 1 N–H and O–H groups in total. The van der Waals surface area contributed by atoms with Gasteiger partial charge in [0, 0.05) is 18.8 Å². The first kappa shape index (κ1) is 14.0. The van der Waals surface area contributed by atoms with Crippen molar-refractivity contribution in [3.05, 3.63) is 28.8 Å². The number of ether oxygens (including phenoxy) is 1. The second-order valence-electron chi connectivity index (χ2n) is 4.45. The third kappa shape index (κ3) is 4.04. The summed E-state index contributed by atoms with van der Waals surface area (Å²) in [5.74, 6) is 0. The summed E-state index contributed by atoms with van der Waals surface area (Å²) in [6.45, 7) is 11.2. The van der Waals surface area contributed by atoms with Gasteiger partial charge in [0.25, 0.3) is 0 Å². The van der Waals surface area contributed by atoms with Crippen LogP contribution in [0.25, 0.3) is 0 Å². The fraction of sp³-hybridized carbons (Fsp3) is 0.600. The maximum Gasteiger partial charge on any atom is 0.0639 e. The summed E-state index contributed by atoms with van der Waals surface area (Å²) >= 11 is 0. The molecule has 1 aromatic carbocycles. The van der Waals surface area contributed by atoms with Gasteiger partial charge in [0.1, 0.15) is 0 Å². The van der Waals surface area contributed by atoms with Crippen LogP contribution in [0.3, 0.4) is 0 Å². The molecule has 1 aromatic rings. The molecule has 0 aliphatic heterocycles. The summed E-state index contributed by atoms with van der Waals surface area (Å²) in [6.07, 6.45) is 2.16. The Morgan fingerprint density at radius 2 is 1.76 bits per heavy atom. The van der Waals surface area contributed by atoms with Gasteiger partial charge in [-0.1, -0.05) is 26.0 Å². The molecule has 0 spiro atoms. The second-order valence-corrected chi connectivity index (χ2v) is 4.45. The molecule has 0 saturated heterocycles. The number of hydrogen-bond acceptors (Lipinski definition) is 2. The van der Waals surface area contributed by atoms with Crippen LogP contribution in [-0.2, 0) is 11.2 Å². The number of nitrogens with one attached hydrogen (secondary N) is 1. The zero-order valence-electron chi connectivity index (χ0n) is 11.6. The maximum atomic E-state index is 5.49. The van der Waals surface area contributed by atoms with E-state index in [1.807, 2.05) is 0 Å². The third-order valence-corrected chi connectivity index (χ3v) is 3.01. The molecule has 0 aliphatic carbocycles. The Balaban J connectivity index is 2.60. The molecule has 0 radical (unpaired) electrons. The Hall–Kier alpha value is -1.02. The summed E-state index contributed by atoms with van der Waals surface area (Å²) in [6, 6.07) is 4.39. The van der Waals surface area contributed by atoms with Gasteiger partial charge < -0.3 is 10.1 Å². The zero-order chi connectivity index (χ0) is 12.7. The number of aryl methyl sites for hydroxylation is 2. The maximum absolute atomic E-state index is 5.49. The Morgan fingerprint density at radius 1 is 1.06 bits per heavy atom. The molecule has 0 fully saturated rings. The van der Waals surface area contributed by atoms with E-state index in [4.69, 9.17) is 4.74 Å². The third-order valence-electron chi connectivity index (χ3n) is 3.01. The zero-order valence-corrected chi connectivity index (χ0v) is 11.6. The molecule has 17 heavy (non-hydrogen) atoms. The van der Waals surface area contributed by atoms with Crippen molar-refractivity contribution < 1.29 is 4.74 Å². The first-order valence-corrected chi connectivity index (χ1v) is 6.61. The van der Waals surface area contributed by atoms with Gasteiger partial charge in [-0.2, -0.15) is 0 Å². The average Bonchev–Trinajstić information content (AvgIpc) is 2.33. The predicted octanol–water partition coefficient (Wildman–Crippen LogP) is 3.70. The van der Waals surface area contributed by atoms with Gasteiger partial charge in [-0.05, 0) is 43.4 Å². The van der Waals surface area contributed by atoms with Gasteiger partial charge in [0.05, 0.1) is 6.61 Å². The van der Waals surface area contributed by atoms with Crippen LogP contribution in [0.15, 0.2) is 12.1 Å². The van der Waals surface area contributed by atoms with E-state index in [0.29, 0.717) is 0 Å². The fourth-order valence-corrected chi connectivity index (χ4v) is 2.07. The number of hydrogen-bond donors (Lipinski definition) is 1. The fourth-order valence-electron chi connectivity index (χ4n) is 2.07. The van der Waals surface area contributed by atoms with Gasteiger partial charge in [0.2, 0.25) is 0 Å². The summed E-state index contributed by atoms with van der Waals surface area (Å²) in [5.41, 5.74) is 5.42. The quantitative estimate of drug-likeness (QED) is 0.728. The smallest absolute Gasteiger partial charge is 0.0639 e. The molecule has 96 valence electrons. The molecular weight excluding hydrogens is 210 g/mol. The van der Waals surface area contributed by atoms with Crippen molar-refractivity contribution in [3.8, 4) is 0 Å². The van der Waals surface area contributed by atoms with Crippen LogP contribution < -0.4 is 5.32 Å². The largest absolute Gasteiger partial charge is 0.382 e. The van der Waals surface area contributed by atoms with Gasteiger partial charge in [-0.15, -0.1) is 0 Å². The Kier molecular flexibility index (Phi) is 6.06. The highest BCUT2D eigenvalue weighted by Crippen LogP contribution is 2.24. The van der Waals surface area contributed by atoms with Crippen LogP contribution in [0.5, 0.6) is 0 Å². The van der Waals surface area contributed by atoms with Gasteiger partial charge >= 0.3 is 0 Å². The van der Waals surface area contributed by atoms with Crippen LogP contribution in [0.4, 0.5) is 5.69 Å². The van der Waals surface area contributed by atoms with Crippen molar-refractivity contribution in [3.63, 3.8) is 0 Å². The van der Waals surface area contributed by atoms with Crippen LogP contribution in [0.2, 0.25) is 0 Å². The molecule has 1 rings (SSSR count). The van der Waals surface area contributed by atoms with Crippen LogP contribution >= 0.6 is 0 Å². The van der Waals surface area contributed by atoms with Crippen LogP contribution in [-0.4, -0.2) is 19.8 Å². The minimum atomic E-state index is 0.782. The molecule has 0 atom stereocenters. The highest BCUT2D eigenvalue weighted by Gasteiger charge is 2.06. The highest BCUT2D eigenvalue weighted by atomic mass is 16.5. The van der Waals surface area contributed by atoms with Crippen molar-refractivity contribution in [1.82, 2.24) is 0 Å². The highest BCUT2D eigenvalue weighted by molar-refractivity contribution is 5.60. The SMILES string of the molecule is CCCOCCNc1c(C)ccc(C)c1CC. The Labute approximate surface area is 105 Å². The van der Waals surface area contributed by atoms with E-state index >= 15 is 0 Å². The number of anilines is 1. The minimum Gasteiger partial charge on any atom is -0.382 e. The lowest BCUT2D eigenvalue weighted by Crippen LogP contribution is -2.12. The van der Waals surface area contributed by atoms with E-state index < -0.39 is 0 Å². The molecular formula is C15H25NO. The standard InChI is InChI=1S/C15H25NO/c1-5-10-17-11-9-16-15-13(4)8-7-12(3)14(15)6-2/h7-8,16H,5-6,9-11H2,1-4H3. The molecule has 0 amide bonds. The average molecular weight is 235 g/mol. The van der Waals surface area contributed by atoms with Gasteiger partial charge in [-0.3, -0.25) is 0 Å². The van der Waals surface area contributed by atoms with Crippen molar-refractivity contribution in [2.24, 2.45) is 0 Å². The van der Waals surface area contributed by atoms with E-state index in [1.165, 1.54) is 22.4 Å². The van der Waals surface area contributed by atoms with Gasteiger partial charge in [0.15, 0.2) is 0 Å². The summed E-state index contributed by atoms with van der Waals surface area (Å²) in [7, 11) is 0. The second kappa shape index (κ2) is 7.33. The molecule has 0 unspecified atom stereocenters. The molecule has 0 bridgehead atoms. The van der Waals surface area contributed by atoms with Crippen molar-refractivity contribution in [2.45, 2.75) is 40.5 Å². The van der Waals surface area contributed by atoms with Crippen molar-refractivity contribution >= 4 is 5.69 Å². The van der Waals surface area contributed by atoms with E-state index in [1.54, 1.807) is 0 Å². The Morgan fingerprint density at radius 3 is 2.41 bits per heavy atom. The van der Waals surface area contributed by atoms with E-state index in [0.717, 1.165) is 32.6 Å². The summed E-state index contributed by atoms with van der Waals surface area (Å²) in [5, 5.41) is 3.51. The lowest BCUT2D eigenvalue weighted by Gasteiger charge is -2.16. The first-order valence-electron chi connectivity index (χ1n) is 6.61. The van der Waals surface area contributed by atoms with Gasteiger partial charge in [-0.25, -0.2) is 0 Å². The van der Waals surface area contributed by atoms with E-state index in [-0.39, 0.29) is 0 Å². The summed E-state index contributed by atoms with van der Waals surface area (Å²) in [4.78, 5) is 0. The lowest BCUT2D eigenvalue weighted by molar-refractivity contribution is 0.144. The molecule has 2 nitrogen and oxygen atoms in total. The molecule has 0 aromatic heterocycles. The molecule has 0 saturated carbocycles. The molecule has 0 aliphatic rings. The van der Waals surface area contributed by atoms with E-state index in [2.05, 4.69) is 45.1 Å².